The summed E-state index contributed by atoms with van der Waals surface area (Å²) in [6.07, 6.45) is -6.75. The maximum Gasteiger partial charge on any atom is 0.229 e. The van der Waals surface area contributed by atoms with Gasteiger partial charge in [0.05, 0.1) is 41.2 Å². The van der Waals surface area contributed by atoms with E-state index in [0.29, 0.717) is 5.56 Å². The molecule has 7 atom stereocenters. The topological polar surface area (TPSA) is 197 Å². The number of aliphatic hydroxyl groups is 7. The Morgan fingerprint density at radius 1 is 0.850 bits per heavy atom. The highest BCUT2D eigenvalue weighted by molar-refractivity contribution is 5.62. The van der Waals surface area contributed by atoms with Crippen LogP contribution in [0.2, 0.25) is 0 Å². The second kappa shape index (κ2) is 14.5. The van der Waals surface area contributed by atoms with E-state index < -0.39 is 56.1 Å². The van der Waals surface area contributed by atoms with Crippen LogP contribution >= 0.6 is 0 Å². The Labute approximate surface area is 231 Å². The van der Waals surface area contributed by atoms with Crippen LogP contribution in [0.15, 0.2) is 36.4 Å². The van der Waals surface area contributed by atoms with Crippen molar-refractivity contribution in [1.82, 2.24) is 0 Å². The third-order valence-electron chi connectivity index (χ3n) is 6.32. The summed E-state index contributed by atoms with van der Waals surface area (Å²) in [5.41, 5.74) is 0.938. The van der Waals surface area contributed by atoms with Crippen LogP contribution in [0.25, 0.3) is 6.08 Å². The quantitative estimate of drug-likeness (QED) is 0.161. The summed E-state index contributed by atoms with van der Waals surface area (Å²) in [4.78, 5) is 0. The summed E-state index contributed by atoms with van der Waals surface area (Å²) < 4.78 is 33.2. The van der Waals surface area contributed by atoms with E-state index in [1.54, 1.807) is 18.2 Å². The maximum atomic E-state index is 11.1. The average molecular weight is 569 g/mol. The van der Waals surface area contributed by atoms with Crippen molar-refractivity contribution in [2.45, 2.75) is 42.9 Å². The van der Waals surface area contributed by atoms with Gasteiger partial charge in [-0.2, -0.15) is 0 Å². The van der Waals surface area contributed by atoms with E-state index >= 15 is 0 Å². The zero-order valence-electron chi connectivity index (χ0n) is 22.3. The molecular formula is C27H36O13. The fraction of sp³-hybridized carbons (Fsp3) is 0.481. The van der Waals surface area contributed by atoms with Crippen LogP contribution in [0.1, 0.15) is 17.2 Å². The molecule has 0 aliphatic carbocycles. The van der Waals surface area contributed by atoms with Gasteiger partial charge in [-0.1, -0.05) is 18.2 Å². The van der Waals surface area contributed by atoms with Crippen LogP contribution in [-0.2, 0) is 4.74 Å². The first-order chi connectivity index (χ1) is 19.2. The van der Waals surface area contributed by atoms with Crippen molar-refractivity contribution < 1.29 is 64.2 Å². The first kappa shape index (κ1) is 31.4. The number of methoxy groups -OCH3 is 3. The molecule has 0 amide bonds. The van der Waals surface area contributed by atoms with Crippen molar-refractivity contribution in [2.24, 2.45) is 0 Å². The molecule has 40 heavy (non-hydrogen) atoms. The molecule has 222 valence electrons. The number of rotatable bonds is 13. The molecule has 7 N–H and O–H groups in total. The largest absolute Gasteiger partial charge is 0.493 e. The number of hydrogen-bond acceptors (Lipinski definition) is 13. The molecule has 0 bridgehead atoms. The highest BCUT2D eigenvalue weighted by Crippen LogP contribution is 2.41. The molecule has 1 saturated heterocycles. The van der Waals surface area contributed by atoms with Gasteiger partial charge in [0.1, 0.15) is 30.5 Å². The van der Waals surface area contributed by atoms with Crippen LogP contribution in [0.4, 0.5) is 0 Å². The molecule has 0 aromatic heterocycles. The summed E-state index contributed by atoms with van der Waals surface area (Å²) in [6.45, 7) is -1.37. The van der Waals surface area contributed by atoms with Crippen LogP contribution < -0.4 is 23.7 Å². The average Bonchev–Trinajstić information content (AvgIpc) is 2.98. The van der Waals surface area contributed by atoms with Crippen molar-refractivity contribution in [3.63, 3.8) is 0 Å². The third kappa shape index (κ3) is 6.95. The minimum absolute atomic E-state index is 0.0686. The zero-order valence-corrected chi connectivity index (χ0v) is 22.3. The van der Waals surface area contributed by atoms with Gasteiger partial charge in [0, 0.05) is 0 Å². The van der Waals surface area contributed by atoms with Gasteiger partial charge in [0.15, 0.2) is 29.1 Å². The Balaban J connectivity index is 1.84. The SMILES string of the molecule is COc1cc([C@H](O)[C@H](CO)Oc2c(OC)cc(/C=C/CO)cc2OC)ccc1O[C@@H]1O[C@H](CO)[C@@H](O)[C@H](O)[C@H]1O. The van der Waals surface area contributed by atoms with E-state index in [1.165, 1.54) is 45.6 Å². The molecule has 0 spiro atoms. The van der Waals surface area contributed by atoms with Gasteiger partial charge in [-0.15, -0.1) is 0 Å². The second-order valence-corrected chi connectivity index (χ2v) is 8.85. The molecule has 1 heterocycles. The first-order valence-electron chi connectivity index (χ1n) is 12.4. The van der Waals surface area contributed by atoms with Gasteiger partial charge in [0.2, 0.25) is 12.0 Å². The lowest BCUT2D eigenvalue weighted by atomic mass is 9.99. The van der Waals surface area contributed by atoms with Gasteiger partial charge >= 0.3 is 0 Å². The standard InChI is InChI=1S/C27H36O13/c1-35-17-11-15(6-7-16(17)39-27-25(34)24(33)23(32)21(13-30)40-27)22(31)20(12-29)38-26-18(36-2)9-14(5-4-8-28)10-19(26)37-3/h4-7,9-11,20-25,27-34H,8,12-13H2,1-3H3/b5-4+/t20-,21+,22-,23+,24-,25+,27+/m0/s1. The smallest absolute Gasteiger partial charge is 0.229 e. The maximum absolute atomic E-state index is 11.1. The minimum atomic E-state index is -1.63. The number of ether oxygens (including phenoxy) is 6. The number of aliphatic hydroxyl groups excluding tert-OH is 7. The Kier molecular flexibility index (Phi) is 11.4. The molecule has 2 aromatic rings. The zero-order chi connectivity index (χ0) is 29.4. The predicted octanol–water partition coefficient (Wildman–Crippen LogP) is -0.630. The lowest BCUT2D eigenvalue weighted by molar-refractivity contribution is -0.277. The summed E-state index contributed by atoms with van der Waals surface area (Å²) in [7, 11) is 4.18. The van der Waals surface area contributed by atoms with Crippen molar-refractivity contribution in [1.29, 1.82) is 0 Å². The molecule has 0 unspecified atom stereocenters. The predicted molar refractivity (Wildman–Crippen MR) is 140 cm³/mol. The van der Waals surface area contributed by atoms with E-state index in [9.17, 15) is 30.6 Å². The Morgan fingerprint density at radius 3 is 2.05 bits per heavy atom. The number of benzene rings is 2. The van der Waals surface area contributed by atoms with Crippen LogP contribution in [0, 0.1) is 0 Å². The summed E-state index contributed by atoms with van der Waals surface area (Å²) in [5.74, 6) is 0.852. The summed E-state index contributed by atoms with van der Waals surface area (Å²) >= 11 is 0. The normalized spacial score (nSPS) is 24.4. The fourth-order valence-electron chi connectivity index (χ4n) is 4.12. The van der Waals surface area contributed by atoms with Gasteiger partial charge in [0.25, 0.3) is 0 Å². The van der Waals surface area contributed by atoms with Crippen LogP contribution in [0.5, 0.6) is 28.7 Å². The lowest BCUT2D eigenvalue weighted by Gasteiger charge is -2.39. The van der Waals surface area contributed by atoms with Gasteiger partial charge in [-0.25, -0.2) is 0 Å². The first-order valence-corrected chi connectivity index (χ1v) is 12.4. The molecule has 3 rings (SSSR count). The summed E-state index contributed by atoms with van der Waals surface area (Å²) in [5, 5.41) is 69.9. The van der Waals surface area contributed by atoms with E-state index in [2.05, 4.69) is 0 Å². The van der Waals surface area contributed by atoms with Crippen molar-refractivity contribution >= 4 is 6.08 Å². The molecule has 0 radical (unpaired) electrons. The summed E-state index contributed by atoms with van der Waals surface area (Å²) in [6, 6.07) is 7.58. The molecule has 1 aliphatic rings. The lowest BCUT2D eigenvalue weighted by Crippen LogP contribution is -2.60. The molecule has 13 heteroatoms. The van der Waals surface area contributed by atoms with Crippen molar-refractivity contribution in [3.05, 3.63) is 47.5 Å². The van der Waals surface area contributed by atoms with Gasteiger partial charge in [-0.3, -0.25) is 0 Å². The molecule has 1 aliphatic heterocycles. The number of hydrogen-bond donors (Lipinski definition) is 7. The third-order valence-corrected chi connectivity index (χ3v) is 6.32. The van der Waals surface area contributed by atoms with Crippen LogP contribution in [-0.4, -0.2) is 114 Å². The van der Waals surface area contributed by atoms with Crippen molar-refractivity contribution in [3.8, 4) is 28.7 Å². The second-order valence-electron chi connectivity index (χ2n) is 8.85. The van der Waals surface area contributed by atoms with Gasteiger partial charge < -0.3 is 64.2 Å². The molecule has 0 saturated carbocycles. The minimum Gasteiger partial charge on any atom is -0.493 e. The van der Waals surface area contributed by atoms with Gasteiger partial charge in [-0.05, 0) is 35.4 Å². The van der Waals surface area contributed by atoms with E-state index in [1.807, 2.05) is 0 Å². The van der Waals surface area contributed by atoms with Crippen molar-refractivity contribution in [2.75, 3.05) is 41.2 Å². The van der Waals surface area contributed by atoms with E-state index in [-0.39, 0.29) is 40.9 Å². The highest BCUT2D eigenvalue weighted by Gasteiger charge is 2.45. The molecular weight excluding hydrogens is 532 g/mol. The Bertz CT molecular complexity index is 1100. The Hall–Kier alpha value is -3.14. The molecule has 13 nitrogen and oxygen atoms in total. The van der Waals surface area contributed by atoms with E-state index in [4.69, 9.17) is 33.5 Å². The highest BCUT2D eigenvalue weighted by atomic mass is 16.7. The monoisotopic (exact) mass is 568 g/mol. The molecule has 1 fully saturated rings. The Morgan fingerprint density at radius 2 is 1.50 bits per heavy atom. The van der Waals surface area contributed by atoms with E-state index in [0.717, 1.165) is 0 Å². The molecule has 2 aromatic carbocycles. The fourth-order valence-corrected chi connectivity index (χ4v) is 4.12. The van der Waals surface area contributed by atoms with Crippen LogP contribution in [0.3, 0.4) is 0 Å².